The van der Waals surface area contributed by atoms with Crippen molar-refractivity contribution in [3.05, 3.63) is 88.7 Å². The van der Waals surface area contributed by atoms with Crippen molar-refractivity contribution in [2.75, 3.05) is 5.32 Å². The van der Waals surface area contributed by atoms with E-state index in [1.807, 2.05) is 0 Å². The summed E-state index contributed by atoms with van der Waals surface area (Å²) in [6.07, 6.45) is 1.41. The number of amides is 1. The highest BCUT2D eigenvalue weighted by molar-refractivity contribution is 6.30. The zero-order chi connectivity index (χ0) is 22.0. The Balaban J connectivity index is 1.65. The summed E-state index contributed by atoms with van der Waals surface area (Å²) >= 11 is 5.87. The van der Waals surface area contributed by atoms with Crippen LogP contribution in [0.1, 0.15) is 21.5 Å². The maximum atomic E-state index is 12.6. The molecule has 4 rings (SSSR count). The fraction of sp³-hybridized carbons (Fsp3) is 0.0435. The van der Waals surface area contributed by atoms with Gasteiger partial charge in [0.2, 0.25) is 0 Å². The van der Waals surface area contributed by atoms with Gasteiger partial charge in [-0.3, -0.25) is 14.2 Å². The fourth-order valence-corrected chi connectivity index (χ4v) is 3.38. The predicted molar refractivity (Wildman–Crippen MR) is 117 cm³/mol. The third kappa shape index (κ3) is 4.25. The summed E-state index contributed by atoms with van der Waals surface area (Å²) in [7, 11) is 0. The van der Waals surface area contributed by atoms with E-state index in [9.17, 15) is 14.9 Å². The number of imidazole rings is 1. The number of nitrogens with zero attached hydrogens (tertiary/aromatic N) is 3. The number of carboxylic acid groups (broad SMARTS) is 1. The lowest BCUT2D eigenvalue weighted by molar-refractivity contribution is -0.136. The summed E-state index contributed by atoms with van der Waals surface area (Å²) < 4.78 is 1.74. The Morgan fingerprint density at radius 3 is 2.58 bits per heavy atom. The predicted octanol–water partition coefficient (Wildman–Crippen LogP) is 4.43. The summed E-state index contributed by atoms with van der Waals surface area (Å²) in [5.74, 6) is -1.25. The van der Waals surface area contributed by atoms with Crippen LogP contribution in [0.4, 0.5) is 5.69 Å². The number of halogens is 1. The van der Waals surface area contributed by atoms with Crippen LogP contribution >= 0.6 is 11.6 Å². The van der Waals surface area contributed by atoms with Crippen LogP contribution in [0.2, 0.25) is 5.02 Å². The normalized spacial score (nSPS) is 10.6. The van der Waals surface area contributed by atoms with Crippen LogP contribution in [0, 0.1) is 11.3 Å². The van der Waals surface area contributed by atoms with E-state index < -0.39 is 5.97 Å². The Morgan fingerprint density at radius 2 is 1.87 bits per heavy atom. The van der Waals surface area contributed by atoms with Crippen LogP contribution in [0.15, 0.2) is 67.0 Å². The first-order chi connectivity index (χ1) is 14.9. The van der Waals surface area contributed by atoms with Crippen molar-refractivity contribution in [2.45, 2.75) is 6.42 Å². The van der Waals surface area contributed by atoms with E-state index in [0.717, 1.165) is 0 Å². The van der Waals surface area contributed by atoms with Gasteiger partial charge in [0, 0.05) is 16.3 Å². The molecule has 4 aromatic rings. The molecule has 1 amide bonds. The van der Waals surface area contributed by atoms with Crippen LogP contribution in [0.5, 0.6) is 0 Å². The number of anilines is 1. The zero-order valence-electron chi connectivity index (χ0n) is 16.0. The molecule has 0 saturated heterocycles. The van der Waals surface area contributed by atoms with Crippen molar-refractivity contribution in [1.29, 1.82) is 5.26 Å². The maximum absolute atomic E-state index is 12.6. The van der Waals surface area contributed by atoms with Crippen molar-refractivity contribution in [3.8, 4) is 11.8 Å². The van der Waals surface area contributed by atoms with E-state index in [2.05, 4.69) is 16.4 Å². The number of carbonyl (C=O) groups excluding carboxylic acids is 1. The number of hydrogen-bond acceptors (Lipinski definition) is 4. The van der Waals surface area contributed by atoms with Crippen LogP contribution < -0.4 is 5.32 Å². The van der Waals surface area contributed by atoms with Crippen LogP contribution in [0.25, 0.3) is 16.7 Å². The average molecular weight is 431 g/mol. The van der Waals surface area contributed by atoms with Gasteiger partial charge in [0.25, 0.3) is 5.91 Å². The molecule has 2 N–H and O–H groups in total. The molecule has 0 aliphatic carbocycles. The second-order valence-corrected chi connectivity index (χ2v) is 7.25. The molecule has 0 bridgehead atoms. The van der Waals surface area contributed by atoms with Gasteiger partial charge in [-0.25, -0.2) is 4.98 Å². The Morgan fingerprint density at radius 1 is 1.10 bits per heavy atom. The highest BCUT2D eigenvalue weighted by atomic mass is 35.5. The molecule has 0 spiro atoms. The summed E-state index contributed by atoms with van der Waals surface area (Å²) in [6, 6.07) is 18.9. The van der Waals surface area contributed by atoms with E-state index in [1.54, 1.807) is 71.6 Å². The van der Waals surface area contributed by atoms with Crippen LogP contribution in [0.3, 0.4) is 0 Å². The Bertz CT molecular complexity index is 1350. The standard InChI is InChI=1S/C23H15ClN4O3/c24-17-3-5-18(6-4-17)27-23(31)15-2-8-21-19(11-15)26-13-28(21)20-7-1-14(10-22(29)30)9-16(20)12-25/h1-9,11,13H,10H2,(H,27,31)(H,29,30). The van der Waals surface area contributed by atoms with Crippen molar-refractivity contribution < 1.29 is 14.7 Å². The quantitative estimate of drug-likeness (QED) is 0.487. The van der Waals surface area contributed by atoms with Crippen molar-refractivity contribution >= 4 is 40.2 Å². The van der Waals surface area contributed by atoms with Gasteiger partial charge in [0.05, 0.1) is 28.7 Å². The van der Waals surface area contributed by atoms with Gasteiger partial charge in [0.15, 0.2) is 0 Å². The number of hydrogen-bond donors (Lipinski definition) is 2. The monoisotopic (exact) mass is 430 g/mol. The van der Waals surface area contributed by atoms with Crippen molar-refractivity contribution in [1.82, 2.24) is 9.55 Å². The van der Waals surface area contributed by atoms with E-state index in [1.165, 1.54) is 0 Å². The molecule has 0 saturated carbocycles. The number of benzene rings is 3. The number of nitriles is 1. The Kier molecular flexibility index (Phi) is 5.39. The molecule has 7 nitrogen and oxygen atoms in total. The molecule has 1 heterocycles. The van der Waals surface area contributed by atoms with E-state index >= 15 is 0 Å². The van der Waals surface area contributed by atoms with E-state index in [-0.39, 0.29) is 12.3 Å². The topological polar surface area (TPSA) is 108 Å². The summed E-state index contributed by atoms with van der Waals surface area (Å²) in [5, 5.41) is 21.9. The van der Waals surface area contributed by atoms with Gasteiger partial charge in [-0.1, -0.05) is 17.7 Å². The molecule has 0 aliphatic heterocycles. The zero-order valence-corrected chi connectivity index (χ0v) is 16.8. The van der Waals surface area contributed by atoms with Crippen molar-refractivity contribution in [2.24, 2.45) is 0 Å². The lowest BCUT2D eigenvalue weighted by Gasteiger charge is -2.09. The molecule has 0 radical (unpaired) electrons. The van der Waals surface area contributed by atoms with E-state index in [4.69, 9.17) is 16.7 Å². The van der Waals surface area contributed by atoms with Crippen LogP contribution in [-0.4, -0.2) is 26.5 Å². The number of aliphatic carboxylic acids is 1. The first kappa shape index (κ1) is 20.1. The number of carbonyl (C=O) groups is 2. The minimum absolute atomic E-state index is 0.161. The largest absolute Gasteiger partial charge is 0.481 e. The second-order valence-electron chi connectivity index (χ2n) is 6.81. The minimum Gasteiger partial charge on any atom is -0.481 e. The Labute approximate surface area is 182 Å². The van der Waals surface area contributed by atoms with Gasteiger partial charge in [-0.15, -0.1) is 0 Å². The highest BCUT2D eigenvalue weighted by Crippen LogP contribution is 2.24. The third-order valence-electron chi connectivity index (χ3n) is 4.71. The molecule has 0 unspecified atom stereocenters. The first-order valence-electron chi connectivity index (χ1n) is 9.24. The number of fused-ring (bicyclic) bond motifs is 1. The van der Waals surface area contributed by atoms with Gasteiger partial charge >= 0.3 is 5.97 Å². The smallest absolute Gasteiger partial charge is 0.307 e. The third-order valence-corrected chi connectivity index (χ3v) is 4.96. The molecule has 1 aromatic heterocycles. The Hall–Kier alpha value is -4.15. The highest BCUT2D eigenvalue weighted by Gasteiger charge is 2.13. The van der Waals surface area contributed by atoms with Gasteiger partial charge in [-0.2, -0.15) is 5.26 Å². The lowest BCUT2D eigenvalue weighted by atomic mass is 10.1. The van der Waals surface area contributed by atoms with Crippen LogP contribution in [-0.2, 0) is 11.2 Å². The number of nitrogens with one attached hydrogen (secondary N) is 1. The SMILES string of the molecule is N#Cc1cc(CC(=O)O)ccc1-n1cnc2cc(C(=O)Nc3ccc(Cl)cc3)ccc21. The lowest BCUT2D eigenvalue weighted by Crippen LogP contribution is -2.11. The minimum atomic E-state index is -0.964. The molecule has 3 aromatic carbocycles. The average Bonchev–Trinajstić information content (AvgIpc) is 3.18. The van der Waals surface area contributed by atoms with Gasteiger partial charge < -0.3 is 10.4 Å². The number of aromatic nitrogens is 2. The first-order valence-corrected chi connectivity index (χ1v) is 9.61. The van der Waals surface area contributed by atoms with E-state index in [0.29, 0.717) is 44.1 Å². The summed E-state index contributed by atoms with van der Waals surface area (Å²) in [6.45, 7) is 0. The fourth-order valence-electron chi connectivity index (χ4n) is 3.25. The molecule has 0 atom stereocenters. The van der Waals surface area contributed by atoms with Gasteiger partial charge in [-0.05, 0) is 60.2 Å². The molecular weight excluding hydrogens is 416 g/mol. The number of rotatable bonds is 5. The molecule has 31 heavy (non-hydrogen) atoms. The maximum Gasteiger partial charge on any atom is 0.307 e. The number of carboxylic acids is 1. The molecule has 0 aliphatic rings. The van der Waals surface area contributed by atoms with Gasteiger partial charge in [0.1, 0.15) is 12.4 Å². The molecule has 152 valence electrons. The second kappa shape index (κ2) is 8.30. The van der Waals surface area contributed by atoms with Crippen molar-refractivity contribution in [3.63, 3.8) is 0 Å². The molecule has 0 fully saturated rings. The summed E-state index contributed by atoms with van der Waals surface area (Å²) in [4.78, 5) is 27.9. The summed E-state index contributed by atoms with van der Waals surface area (Å²) in [5.41, 5.74) is 3.82. The molecule has 8 heteroatoms. The molecular formula is C23H15ClN4O3.